The van der Waals surface area contributed by atoms with Crippen LogP contribution in [0.15, 0.2) is 22.7 Å². The molecule has 0 aliphatic heterocycles. The van der Waals surface area contributed by atoms with Gasteiger partial charge in [-0.05, 0) is 30.7 Å². The van der Waals surface area contributed by atoms with Crippen LogP contribution in [0.25, 0.3) is 0 Å². The number of nitrogen functional groups attached to an aromatic ring is 1. The Morgan fingerprint density at radius 3 is 2.60 bits per heavy atom. The summed E-state index contributed by atoms with van der Waals surface area (Å²) < 4.78 is 1.10. The molecule has 0 aliphatic rings. The van der Waals surface area contributed by atoms with Gasteiger partial charge in [-0.2, -0.15) is 0 Å². The first-order chi connectivity index (χ1) is 6.99. The summed E-state index contributed by atoms with van der Waals surface area (Å²) in [6.45, 7) is 6.53. The Balaban J connectivity index is 2.64. The molecule has 0 saturated heterocycles. The molecule has 0 radical (unpaired) electrons. The van der Waals surface area contributed by atoms with Crippen LogP contribution >= 0.6 is 15.9 Å². The molecular weight excluding hydrogens is 252 g/mol. The Morgan fingerprint density at radius 1 is 1.40 bits per heavy atom. The van der Waals surface area contributed by atoms with Crippen LogP contribution in [0.5, 0.6) is 0 Å². The molecule has 3 heteroatoms. The van der Waals surface area contributed by atoms with Crippen molar-refractivity contribution < 1.29 is 0 Å². The number of benzene rings is 1. The maximum absolute atomic E-state index is 5.70. The first-order valence-corrected chi connectivity index (χ1v) is 6.00. The second kappa shape index (κ2) is 5.52. The van der Waals surface area contributed by atoms with Gasteiger partial charge in [0, 0.05) is 23.2 Å². The molecule has 0 unspecified atom stereocenters. The molecule has 0 atom stereocenters. The summed E-state index contributed by atoms with van der Waals surface area (Å²) in [5, 5.41) is 0. The number of hydrogen-bond acceptors (Lipinski definition) is 2. The van der Waals surface area contributed by atoms with Crippen LogP contribution in [0, 0.1) is 5.92 Å². The zero-order chi connectivity index (χ0) is 11.4. The predicted molar refractivity (Wildman–Crippen MR) is 69.7 cm³/mol. The van der Waals surface area contributed by atoms with Gasteiger partial charge in [-0.25, -0.2) is 0 Å². The van der Waals surface area contributed by atoms with Crippen LogP contribution in [-0.2, 0) is 6.54 Å². The van der Waals surface area contributed by atoms with Crippen molar-refractivity contribution in [3.05, 3.63) is 28.2 Å². The van der Waals surface area contributed by atoms with Gasteiger partial charge in [0.2, 0.25) is 0 Å². The fourth-order valence-corrected chi connectivity index (χ4v) is 2.19. The normalized spacial score (nSPS) is 11.3. The average Bonchev–Trinajstić information content (AvgIpc) is 2.08. The molecule has 0 spiro atoms. The lowest BCUT2D eigenvalue weighted by atomic mass is 10.1. The SMILES string of the molecule is CC(C)CN(C)Cc1ccc(N)cc1Br. The smallest absolute Gasteiger partial charge is 0.0325 e. The van der Waals surface area contributed by atoms with Gasteiger partial charge in [-0.3, -0.25) is 0 Å². The number of nitrogens with two attached hydrogens (primary N) is 1. The van der Waals surface area contributed by atoms with Crippen LogP contribution in [0.1, 0.15) is 19.4 Å². The zero-order valence-corrected chi connectivity index (χ0v) is 11.2. The molecule has 0 fully saturated rings. The van der Waals surface area contributed by atoms with Gasteiger partial charge < -0.3 is 10.6 Å². The molecule has 15 heavy (non-hydrogen) atoms. The fourth-order valence-electron chi connectivity index (χ4n) is 1.67. The van der Waals surface area contributed by atoms with Crippen molar-refractivity contribution in [2.75, 3.05) is 19.3 Å². The lowest BCUT2D eigenvalue weighted by molar-refractivity contribution is 0.288. The molecule has 0 aliphatic carbocycles. The molecule has 0 bridgehead atoms. The molecular formula is C12H19BrN2. The number of anilines is 1. The van der Waals surface area contributed by atoms with Gasteiger partial charge in [0.05, 0.1) is 0 Å². The van der Waals surface area contributed by atoms with Gasteiger partial charge in [-0.1, -0.05) is 35.8 Å². The Bertz CT molecular complexity index is 323. The lowest BCUT2D eigenvalue weighted by Crippen LogP contribution is -2.22. The largest absolute Gasteiger partial charge is 0.399 e. The number of hydrogen-bond donors (Lipinski definition) is 1. The van der Waals surface area contributed by atoms with Gasteiger partial charge in [-0.15, -0.1) is 0 Å². The predicted octanol–water partition coefficient (Wildman–Crippen LogP) is 3.12. The van der Waals surface area contributed by atoms with Crippen LogP contribution in [0.4, 0.5) is 5.69 Å². The second-order valence-corrected chi connectivity index (χ2v) is 5.30. The molecule has 0 amide bonds. The van der Waals surface area contributed by atoms with Crippen molar-refractivity contribution in [3.63, 3.8) is 0 Å². The Labute approximate surface area is 101 Å². The number of rotatable bonds is 4. The third-order valence-electron chi connectivity index (χ3n) is 2.19. The summed E-state index contributed by atoms with van der Waals surface area (Å²) in [5.41, 5.74) is 7.78. The van der Waals surface area contributed by atoms with Gasteiger partial charge >= 0.3 is 0 Å². The van der Waals surface area contributed by atoms with Crippen molar-refractivity contribution in [1.29, 1.82) is 0 Å². The van der Waals surface area contributed by atoms with Gasteiger partial charge in [0.25, 0.3) is 0 Å². The molecule has 0 heterocycles. The highest BCUT2D eigenvalue weighted by Gasteiger charge is 2.05. The van der Waals surface area contributed by atoms with E-state index < -0.39 is 0 Å². The van der Waals surface area contributed by atoms with E-state index in [1.807, 2.05) is 12.1 Å². The lowest BCUT2D eigenvalue weighted by Gasteiger charge is -2.19. The van der Waals surface area contributed by atoms with E-state index in [1.165, 1.54) is 5.56 Å². The minimum atomic E-state index is 0.697. The van der Waals surface area contributed by atoms with E-state index in [4.69, 9.17) is 5.73 Å². The molecule has 1 aromatic rings. The van der Waals surface area contributed by atoms with E-state index in [0.717, 1.165) is 23.2 Å². The van der Waals surface area contributed by atoms with Crippen LogP contribution in [0.2, 0.25) is 0 Å². The van der Waals surface area contributed by atoms with Crippen molar-refractivity contribution in [2.45, 2.75) is 20.4 Å². The zero-order valence-electron chi connectivity index (χ0n) is 9.63. The summed E-state index contributed by atoms with van der Waals surface area (Å²) in [6, 6.07) is 5.98. The standard InChI is InChI=1S/C12H19BrN2/c1-9(2)7-15(3)8-10-4-5-11(14)6-12(10)13/h4-6,9H,7-8,14H2,1-3H3. The summed E-state index contributed by atoms with van der Waals surface area (Å²) in [6.07, 6.45) is 0. The van der Waals surface area contributed by atoms with Crippen LogP contribution < -0.4 is 5.73 Å². The minimum Gasteiger partial charge on any atom is -0.399 e. The monoisotopic (exact) mass is 270 g/mol. The summed E-state index contributed by atoms with van der Waals surface area (Å²) in [4.78, 5) is 2.32. The summed E-state index contributed by atoms with van der Waals surface area (Å²) >= 11 is 3.54. The third-order valence-corrected chi connectivity index (χ3v) is 2.93. The highest BCUT2D eigenvalue weighted by atomic mass is 79.9. The van der Waals surface area contributed by atoms with Crippen molar-refractivity contribution in [3.8, 4) is 0 Å². The third kappa shape index (κ3) is 4.22. The maximum atomic E-state index is 5.70. The van der Waals surface area contributed by atoms with Crippen molar-refractivity contribution in [2.24, 2.45) is 5.92 Å². The quantitative estimate of drug-likeness (QED) is 0.852. The van der Waals surface area contributed by atoms with E-state index in [2.05, 4.69) is 47.8 Å². The second-order valence-electron chi connectivity index (χ2n) is 4.44. The average molecular weight is 271 g/mol. The molecule has 2 N–H and O–H groups in total. The van der Waals surface area contributed by atoms with Crippen LogP contribution in [-0.4, -0.2) is 18.5 Å². The molecule has 1 rings (SSSR count). The van der Waals surface area contributed by atoms with Crippen molar-refractivity contribution in [1.82, 2.24) is 4.90 Å². The van der Waals surface area contributed by atoms with E-state index >= 15 is 0 Å². The van der Waals surface area contributed by atoms with Gasteiger partial charge in [0.1, 0.15) is 0 Å². The number of nitrogens with zero attached hydrogens (tertiary/aromatic N) is 1. The molecule has 84 valence electrons. The first-order valence-electron chi connectivity index (χ1n) is 5.21. The van der Waals surface area contributed by atoms with E-state index in [-0.39, 0.29) is 0 Å². The highest BCUT2D eigenvalue weighted by Crippen LogP contribution is 2.21. The van der Waals surface area contributed by atoms with Crippen molar-refractivity contribution >= 4 is 21.6 Å². The fraction of sp³-hybridized carbons (Fsp3) is 0.500. The Morgan fingerprint density at radius 2 is 2.07 bits per heavy atom. The molecule has 0 saturated carbocycles. The number of halogens is 1. The van der Waals surface area contributed by atoms with E-state index in [0.29, 0.717) is 5.92 Å². The van der Waals surface area contributed by atoms with Crippen LogP contribution in [0.3, 0.4) is 0 Å². The molecule has 1 aromatic carbocycles. The Hall–Kier alpha value is -0.540. The first kappa shape index (κ1) is 12.5. The molecule has 2 nitrogen and oxygen atoms in total. The minimum absolute atomic E-state index is 0.697. The van der Waals surface area contributed by atoms with Gasteiger partial charge in [0.15, 0.2) is 0 Å². The summed E-state index contributed by atoms with van der Waals surface area (Å²) in [7, 11) is 2.14. The summed E-state index contributed by atoms with van der Waals surface area (Å²) in [5.74, 6) is 0.697. The highest BCUT2D eigenvalue weighted by molar-refractivity contribution is 9.10. The molecule has 0 aromatic heterocycles. The Kier molecular flexibility index (Phi) is 4.61. The van der Waals surface area contributed by atoms with E-state index in [1.54, 1.807) is 0 Å². The maximum Gasteiger partial charge on any atom is 0.0325 e. The topological polar surface area (TPSA) is 29.3 Å². The van der Waals surface area contributed by atoms with E-state index in [9.17, 15) is 0 Å².